The molecule has 186 valence electrons. The number of aliphatic hydroxyl groups excluding tert-OH is 1. The number of aliphatic hydroxyl groups is 1. The standard InChI is InChI=1S/C28H35N3O4/c1-19-6-7-20(2)23(18-19)26(32)24-25(21-8-10-22(11-9-21)29(3)4)31(28(34)27(24)33)13-5-12-30-14-16-35-17-15-30/h6-11,18,25,32H,5,12-17H2,1-4H3/t25-/m1/s1. The number of amides is 1. The summed E-state index contributed by atoms with van der Waals surface area (Å²) in [5, 5.41) is 11.4. The van der Waals surface area contributed by atoms with Gasteiger partial charge in [-0.05, 0) is 49.6 Å². The first kappa shape index (κ1) is 24.9. The highest BCUT2D eigenvalue weighted by Gasteiger charge is 2.46. The predicted octanol–water partition coefficient (Wildman–Crippen LogP) is 3.51. The normalized spacial score (nSPS) is 20.5. The van der Waals surface area contributed by atoms with Crippen molar-refractivity contribution in [3.05, 3.63) is 70.3 Å². The largest absolute Gasteiger partial charge is 0.507 e. The molecule has 0 saturated carbocycles. The first-order valence-corrected chi connectivity index (χ1v) is 12.2. The Balaban J connectivity index is 1.71. The Hall–Kier alpha value is -3.16. The Labute approximate surface area is 207 Å². The van der Waals surface area contributed by atoms with Crippen LogP contribution < -0.4 is 4.90 Å². The molecule has 0 radical (unpaired) electrons. The van der Waals surface area contributed by atoms with Gasteiger partial charge in [0.2, 0.25) is 0 Å². The van der Waals surface area contributed by atoms with E-state index >= 15 is 0 Å². The van der Waals surface area contributed by atoms with Crippen molar-refractivity contribution < 1.29 is 19.4 Å². The van der Waals surface area contributed by atoms with E-state index in [1.807, 2.05) is 75.3 Å². The van der Waals surface area contributed by atoms with Gasteiger partial charge < -0.3 is 19.6 Å². The molecular weight excluding hydrogens is 442 g/mol. The maximum absolute atomic E-state index is 13.3. The maximum Gasteiger partial charge on any atom is 0.295 e. The zero-order valence-electron chi connectivity index (χ0n) is 21.1. The van der Waals surface area contributed by atoms with Gasteiger partial charge in [0.05, 0.1) is 24.8 Å². The maximum atomic E-state index is 13.3. The van der Waals surface area contributed by atoms with E-state index in [0.717, 1.165) is 61.6 Å². The summed E-state index contributed by atoms with van der Waals surface area (Å²) in [6, 6.07) is 13.0. The quantitative estimate of drug-likeness (QED) is 0.374. The molecule has 0 aromatic heterocycles. The number of likely N-dealkylation sites (tertiary alicyclic amines) is 1. The minimum Gasteiger partial charge on any atom is -0.507 e. The van der Waals surface area contributed by atoms with E-state index in [1.54, 1.807) is 4.90 Å². The topological polar surface area (TPSA) is 73.3 Å². The SMILES string of the molecule is Cc1ccc(C)c(C(O)=C2C(=O)C(=O)N(CCCN3CCOCC3)[C@@H]2c2ccc(N(C)C)cc2)c1. The zero-order valence-corrected chi connectivity index (χ0v) is 21.1. The summed E-state index contributed by atoms with van der Waals surface area (Å²) in [4.78, 5) is 32.5. The number of rotatable bonds is 7. The molecule has 35 heavy (non-hydrogen) atoms. The molecule has 2 aliphatic rings. The molecule has 4 rings (SSSR count). The van der Waals surface area contributed by atoms with E-state index in [4.69, 9.17) is 4.74 Å². The van der Waals surface area contributed by atoms with Crippen LogP contribution in [0.1, 0.15) is 34.7 Å². The van der Waals surface area contributed by atoms with Gasteiger partial charge in [0.25, 0.3) is 11.7 Å². The van der Waals surface area contributed by atoms with Gasteiger partial charge in [-0.3, -0.25) is 14.5 Å². The van der Waals surface area contributed by atoms with Crippen molar-refractivity contribution in [3.63, 3.8) is 0 Å². The lowest BCUT2D eigenvalue weighted by Crippen LogP contribution is -2.38. The number of aryl methyl sites for hydroxylation is 2. The van der Waals surface area contributed by atoms with Gasteiger partial charge in [0, 0.05) is 51.5 Å². The fourth-order valence-corrected chi connectivity index (χ4v) is 4.84. The molecule has 2 fully saturated rings. The molecule has 0 aliphatic carbocycles. The van der Waals surface area contributed by atoms with Gasteiger partial charge in [-0.1, -0.05) is 29.8 Å². The molecule has 1 amide bonds. The predicted molar refractivity (Wildman–Crippen MR) is 138 cm³/mol. The van der Waals surface area contributed by atoms with Crippen LogP contribution in [0.25, 0.3) is 5.76 Å². The number of nitrogens with zero attached hydrogens (tertiary/aromatic N) is 3. The summed E-state index contributed by atoms with van der Waals surface area (Å²) in [6.45, 7) is 8.30. The van der Waals surface area contributed by atoms with Gasteiger partial charge >= 0.3 is 0 Å². The van der Waals surface area contributed by atoms with Crippen LogP contribution in [-0.4, -0.2) is 80.1 Å². The van der Waals surface area contributed by atoms with Crippen LogP contribution in [0.3, 0.4) is 0 Å². The summed E-state index contributed by atoms with van der Waals surface area (Å²) in [7, 11) is 3.93. The molecule has 2 saturated heterocycles. The minimum atomic E-state index is -0.629. The van der Waals surface area contributed by atoms with Gasteiger partial charge in [0.1, 0.15) is 5.76 Å². The van der Waals surface area contributed by atoms with Crippen molar-refractivity contribution in [1.82, 2.24) is 9.80 Å². The number of carbonyl (C=O) groups is 2. The summed E-state index contributed by atoms with van der Waals surface area (Å²) in [5.74, 6) is -1.29. The van der Waals surface area contributed by atoms with E-state index in [9.17, 15) is 14.7 Å². The number of hydrogen-bond donors (Lipinski definition) is 1. The second-order valence-electron chi connectivity index (χ2n) is 9.60. The highest BCUT2D eigenvalue weighted by atomic mass is 16.5. The van der Waals surface area contributed by atoms with Crippen LogP contribution in [0.5, 0.6) is 0 Å². The number of morpholine rings is 1. The molecule has 2 aromatic rings. The van der Waals surface area contributed by atoms with Gasteiger partial charge in [0.15, 0.2) is 0 Å². The van der Waals surface area contributed by atoms with E-state index < -0.39 is 17.7 Å². The Morgan fingerprint density at radius 2 is 1.71 bits per heavy atom. The van der Waals surface area contributed by atoms with Gasteiger partial charge in [-0.25, -0.2) is 0 Å². The highest BCUT2D eigenvalue weighted by molar-refractivity contribution is 6.46. The van der Waals surface area contributed by atoms with Gasteiger partial charge in [-0.15, -0.1) is 0 Å². The van der Waals surface area contributed by atoms with Crippen LogP contribution in [0.15, 0.2) is 48.0 Å². The smallest absolute Gasteiger partial charge is 0.295 e. The highest BCUT2D eigenvalue weighted by Crippen LogP contribution is 2.40. The van der Waals surface area contributed by atoms with Crippen molar-refractivity contribution in [2.75, 3.05) is 58.4 Å². The Morgan fingerprint density at radius 1 is 1.03 bits per heavy atom. The molecule has 0 bridgehead atoms. The van der Waals surface area contributed by atoms with Crippen LogP contribution in [0.2, 0.25) is 0 Å². The lowest BCUT2D eigenvalue weighted by atomic mass is 9.93. The van der Waals surface area contributed by atoms with Crippen LogP contribution in [0.4, 0.5) is 5.69 Å². The van der Waals surface area contributed by atoms with Crippen molar-refractivity contribution in [3.8, 4) is 0 Å². The Kier molecular flexibility index (Phi) is 7.57. The summed E-state index contributed by atoms with van der Waals surface area (Å²) in [6.07, 6.45) is 0.739. The molecule has 0 spiro atoms. The third kappa shape index (κ3) is 5.26. The van der Waals surface area contributed by atoms with Crippen molar-refractivity contribution in [1.29, 1.82) is 0 Å². The van der Waals surface area contributed by atoms with Gasteiger partial charge in [-0.2, -0.15) is 0 Å². The molecule has 2 heterocycles. The van der Waals surface area contributed by atoms with E-state index in [-0.39, 0.29) is 11.3 Å². The van der Waals surface area contributed by atoms with Crippen molar-refractivity contribution in [2.24, 2.45) is 0 Å². The van der Waals surface area contributed by atoms with E-state index in [0.29, 0.717) is 12.1 Å². The summed E-state index contributed by atoms with van der Waals surface area (Å²) < 4.78 is 5.42. The third-order valence-electron chi connectivity index (χ3n) is 6.89. The third-order valence-corrected chi connectivity index (χ3v) is 6.89. The average molecular weight is 478 g/mol. The number of Topliss-reactive ketones (excluding diaryl/α,β-unsaturated/α-hetero) is 1. The van der Waals surface area contributed by atoms with Crippen LogP contribution in [-0.2, 0) is 14.3 Å². The molecule has 0 unspecified atom stereocenters. The minimum absolute atomic E-state index is 0.109. The molecule has 7 heteroatoms. The van der Waals surface area contributed by atoms with Crippen molar-refractivity contribution in [2.45, 2.75) is 26.3 Å². The van der Waals surface area contributed by atoms with Crippen molar-refractivity contribution >= 4 is 23.1 Å². The number of carbonyl (C=O) groups excluding carboxylic acids is 2. The van der Waals surface area contributed by atoms with E-state index in [1.165, 1.54) is 0 Å². The average Bonchev–Trinajstić information content (AvgIpc) is 3.11. The molecule has 1 N–H and O–H groups in total. The second-order valence-corrected chi connectivity index (χ2v) is 9.60. The summed E-state index contributed by atoms with van der Waals surface area (Å²) in [5.41, 5.74) is 4.41. The molecule has 2 aromatic carbocycles. The second kappa shape index (κ2) is 10.6. The number of ketones is 1. The number of benzene rings is 2. The Bertz CT molecular complexity index is 1120. The van der Waals surface area contributed by atoms with Crippen LogP contribution in [0, 0.1) is 13.8 Å². The molecule has 1 atom stereocenters. The summed E-state index contributed by atoms with van der Waals surface area (Å²) >= 11 is 0. The number of hydrogen-bond acceptors (Lipinski definition) is 6. The lowest BCUT2D eigenvalue weighted by molar-refractivity contribution is -0.140. The van der Waals surface area contributed by atoms with E-state index in [2.05, 4.69) is 4.90 Å². The molecule has 7 nitrogen and oxygen atoms in total. The first-order chi connectivity index (χ1) is 16.8. The fourth-order valence-electron chi connectivity index (χ4n) is 4.84. The number of anilines is 1. The van der Waals surface area contributed by atoms with Crippen LogP contribution >= 0.6 is 0 Å². The molecular formula is C28H35N3O4. The lowest BCUT2D eigenvalue weighted by Gasteiger charge is -2.29. The number of ether oxygens (including phenoxy) is 1. The fraction of sp³-hybridized carbons (Fsp3) is 0.429. The molecule has 2 aliphatic heterocycles. The first-order valence-electron chi connectivity index (χ1n) is 12.2. The Morgan fingerprint density at radius 3 is 2.37 bits per heavy atom. The monoisotopic (exact) mass is 477 g/mol. The zero-order chi connectivity index (χ0) is 25.1.